The van der Waals surface area contributed by atoms with Gasteiger partial charge in [-0.2, -0.15) is 5.48 Å². The van der Waals surface area contributed by atoms with Crippen molar-refractivity contribution in [3.8, 4) is 0 Å². The number of nitrogens with one attached hydrogen (secondary N) is 1. The molecule has 8 nitrogen and oxygen atoms in total. The lowest BCUT2D eigenvalue weighted by atomic mass is 10.1. The van der Waals surface area contributed by atoms with Gasteiger partial charge in [0.25, 0.3) is 0 Å². The molecule has 0 aliphatic carbocycles. The number of hydrogen-bond donors (Lipinski definition) is 2. The van der Waals surface area contributed by atoms with Crippen LogP contribution in [0.5, 0.6) is 0 Å². The van der Waals surface area contributed by atoms with Crippen molar-refractivity contribution in [2.24, 2.45) is 0 Å². The minimum atomic E-state index is -1.19. The third-order valence-corrected chi connectivity index (χ3v) is 6.93. The van der Waals surface area contributed by atoms with Gasteiger partial charge >= 0.3 is 18.0 Å². The van der Waals surface area contributed by atoms with Crippen LogP contribution in [-0.2, 0) is 19.3 Å². The Morgan fingerprint density at radius 3 is 1.39 bits per heavy atom. The van der Waals surface area contributed by atoms with Gasteiger partial charge in [0.15, 0.2) is 0 Å². The van der Waals surface area contributed by atoms with Crippen molar-refractivity contribution in [1.82, 2.24) is 10.5 Å². The molecule has 0 atom stereocenters. The predicted octanol–water partition coefficient (Wildman–Crippen LogP) is 9.90. The van der Waals surface area contributed by atoms with Crippen molar-refractivity contribution in [2.75, 3.05) is 13.1 Å². The number of hydroxylamine groups is 3. The highest BCUT2D eigenvalue weighted by atomic mass is 16.7. The number of unbranched alkanes of at least 4 members (excludes halogenated alkanes) is 18. The molecule has 0 rings (SSSR count). The molecule has 0 aliphatic heterocycles. The topological polar surface area (TPSA) is 105 Å². The van der Waals surface area contributed by atoms with E-state index in [4.69, 9.17) is 14.8 Å². The second kappa shape index (κ2) is 34.4. The Balaban J connectivity index is 0. The summed E-state index contributed by atoms with van der Waals surface area (Å²) in [7, 11) is 0. The number of hydrogen-bond acceptors (Lipinski definition) is 6. The van der Waals surface area contributed by atoms with E-state index in [0.717, 1.165) is 63.0 Å². The molecule has 0 aromatic heterocycles. The monoisotopic (exact) mass is 586 g/mol. The standard InChI is InChI=1S/C17H33NO4.C16H33NO2/c1-3-5-7-8-9-10-11-12-14-16(19)22-18(17(20)21)15-13-6-4-2;1-3-5-7-8-9-10-11-12-14-16(18)19-17-15-13-6-4-2/h3-15H2,1-2H3,(H,20,21);17H,3-15H2,1-2H3. The molecular formula is C33H66N2O6. The Bertz CT molecular complexity index is 588. The number of carbonyl (C=O) groups is 3. The lowest BCUT2D eigenvalue weighted by Crippen LogP contribution is -2.33. The van der Waals surface area contributed by atoms with Gasteiger partial charge in [-0.3, -0.25) is 4.79 Å². The van der Waals surface area contributed by atoms with Crippen molar-refractivity contribution < 1.29 is 29.2 Å². The number of carbonyl (C=O) groups excluding carboxylic acids is 2. The van der Waals surface area contributed by atoms with E-state index in [2.05, 4.69) is 26.3 Å². The average molecular weight is 587 g/mol. The van der Waals surface area contributed by atoms with Crippen molar-refractivity contribution in [3.05, 3.63) is 0 Å². The zero-order valence-electron chi connectivity index (χ0n) is 27.3. The number of nitrogens with zero attached hydrogens (tertiary/aromatic N) is 1. The normalized spacial score (nSPS) is 10.5. The molecule has 0 fully saturated rings. The van der Waals surface area contributed by atoms with Gasteiger partial charge in [0, 0.05) is 19.4 Å². The fourth-order valence-electron chi connectivity index (χ4n) is 4.29. The van der Waals surface area contributed by atoms with Gasteiger partial charge in [-0.15, -0.1) is 5.06 Å². The van der Waals surface area contributed by atoms with Crippen LogP contribution in [0.4, 0.5) is 4.79 Å². The van der Waals surface area contributed by atoms with Gasteiger partial charge < -0.3 is 14.8 Å². The van der Waals surface area contributed by atoms with E-state index >= 15 is 0 Å². The Morgan fingerprint density at radius 2 is 0.927 bits per heavy atom. The van der Waals surface area contributed by atoms with Crippen LogP contribution in [0.3, 0.4) is 0 Å². The fraction of sp³-hybridized carbons (Fsp3) is 0.909. The van der Waals surface area contributed by atoms with Gasteiger partial charge in [-0.05, 0) is 25.7 Å². The van der Waals surface area contributed by atoms with E-state index < -0.39 is 12.1 Å². The van der Waals surface area contributed by atoms with Crippen LogP contribution in [0.15, 0.2) is 0 Å². The van der Waals surface area contributed by atoms with Crippen molar-refractivity contribution in [2.45, 2.75) is 182 Å². The zero-order valence-corrected chi connectivity index (χ0v) is 27.3. The lowest BCUT2D eigenvalue weighted by Gasteiger charge is -2.17. The first-order chi connectivity index (χ1) is 19.9. The minimum Gasteiger partial charge on any atom is -0.463 e. The number of rotatable bonds is 27. The van der Waals surface area contributed by atoms with Crippen molar-refractivity contribution >= 4 is 18.0 Å². The van der Waals surface area contributed by atoms with E-state index in [1.54, 1.807) is 0 Å². The summed E-state index contributed by atoms with van der Waals surface area (Å²) in [6, 6.07) is 0. The molecule has 0 unspecified atom stereocenters. The van der Waals surface area contributed by atoms with Gasteiger partial charge in [0.1, 0.15) is 0 Å². The highest BCUT2D eigenvalue weighted by molar-refractivity contribution is 5.72. The number of carboxylic acid groups (broad SMARTS) is 1. The highest BCUT2D eigenvalue weighted by Crippen LogP contribution is 2.11. The van der Waals surface area contributed by atoms with Crippen molar-refractivity contribution in [1.29, 1.82) is 0 Å². The van der Waals surface area contributed by atoms with E-state index in [9.17, 15) is 14.4 Å². The molecular weight excluding hydrogens is 520 g/mol. The first kappa shape index (κ1) is 41.3. The maximum atomic E-state index is 11.6. The van der Waals surface area contributed by atoms with Crippen molar-refractivity contribution in [3.63, 3.8) is 0 Å². The van der Waals surface area contributed by atoms with E-state index in [-0.39, 0.29) is 12.5 Å². The summed E-state index contributed by atoms with van der Waals surface area (Å²) >= 11 is 0. The average Bonchev–Trinajstić information content (AvgIpc) is 2.95. The first-order valence-corrected chi connectivity index (χ1v) is 17.1. The molecule has 244 valence electrons. The molecule has 0 aromatic rings. The molecule has 0 saturated carbocycles. The molecule has 1 amide bonds. The SMILES string of the molecule is CCCCCCCCCCC(=O)ON(CCCCC)C(=O)O.CCCCCCCCCCC(=O)ONCCCCC. The van der Waals surface area contributed by atoms with E-state index in [1.807, 2.05) is 6.92 Å². The number of amides is 1. The molecule has 0 aromatic carbocycles. The summed E-state index contributed by atoms with van der Waals surface area (Å²) in [5.41, 5.74) is 2.75. The van der Waals surface area contributed by atoms with Crippen LogP contribution in [0, 0.1) is 0 Å². The van der Waals surface area contributed by atoms with Crippen LogP contribution < -0.4 is 5.48 Å². The van der Waals surface area contributed by atoms with Gasteiger partial charge in [-0.1, -0.05) is 143 Å². The summed E-state index contributed by atoms with van der Waals surface area (Å²) in [6.45, 7) is 9.67. The largest absolute Gasteiger partial charge is 0.463 e. The Hall–Kier alpha value is -1.83. The molecule has 41 heavy (non-hydrogen) atoms. The quantitative estimate of drug-likeness (QED) is 0.0728. The lowest BCUT2D eigenvalue weighted by molar-refractivity contribution is -0.180. The van der Waals surface area contributed by atoms with Crippen LogP contribution in [-0.4, -0.2) is 41.3 Å². The molecule has 0 radical (unpaired) electrons. The smallest absolute Gasteiger partial charge is 0.440 e. The van der Waals surface area contributed by atoms with Crippen LogP contribution >= 0.6 is 0 Å². The Labute approximate surface area is 252 Å². The minimum absolute atomic E-state index is 0.109. The molecule has 8 heteroatoms. The van der Waals surface area contributed by atoms with Gasteiger partial charge in [0.05, 0.1) is 6.54 Å². The first-order valence-electron chi connectivity index (χ1n) is 17.1. The summed E-state index contributed by atoms with van der Waals surface area (Å²) in [6.07, 6.45) is 25.0. The summed E-state index contributed by atoms with van der Waals surface area (Å²) in [4.78, 5) is 43.9. The second-order valence-corrected chi connectivity index (χ2v) is 11.1. The van der Waals surface area contributed by atoms with E-state index in [0.29, 0.717) is 19.3 Å². The van der Waals surface area contributed by atoms with Crippen LogP contribution in [0.2, 0.25) is 0 Å². The molecule has 0 bridgehead atoms. The van der Waals surface area contributed by atoms with Gasteiger partial charge in [-0.25, -0.2) is 9.59 Å². The second-order valence-electron chi connectivity index (χ2n) is 11.1. The maximum absolute atomic E-state index is 11.6. The third kappa shape index (κ3) is 34.3. The van der Waals surface area contributed by atoms with Gasteiger partial charge in [0.2, 0.25) is 0 Å². The Kier molecular flexibility index (Phi) is 34.6. The summed E-state index contributed by atoms with van der Waals surface area (Å²) in [5, 5.41) is 9.75. The summed E-state index contributed by atoms with van der Waals surface area (Å²) < 4.78 is 0. The molecule has 0 aliphatic rings. The maximum Gasteiger partial charge on any atom is 0.440 e. The molecule has 0 spiro atoms. The van der Waals surface area contributed by atoms with Crippen LogP contribution in [0.25, 0.3) is 0 Å². The highest BCUT2D eigenvalue weighted by Gasteiger charge is 2.16. The zero-order chi connectivity index (χ0) is 30.8. The Morgan fingerprint density at radius 1 is 0.537 bits per heavy atom. The molecule has 0 heterocycles. The molecule has 2 N–H and O–H groups in total. The van der Waals surface area contributed by atoms with Crippen LogP contribution in [0.1, 0.15) is 182 Å². The third-order valence-electron chi connectivity index (χ3n) is 6.93. The predicted molar refractivity (Wildman–Crippen MR) is 168 cm³/mol. The summed E-state index contributed by atoms with van der Waals surface area (Å²) in [5.74, 6) is -0.549. The molecule has 0 saturated heterocycles. The fourth-order valence-corrected chi connectivity index (χ4v) is 4.29. The van der Waals surface area contributed by atoms with E-state index in [1.165, 1.54) is 83.5 Å².